The van der Waals surface area contributed by atoms with Crippen LogP contribution < -0.4 is 14.9 Å². The highest BCUT2D eigenvalue weighted by Gasteiger charge is 2.40. The number of benzene rings is 2. The largest absolute Gasteiger partial charge is 0.465 e. The molecule has 0 atom stereocenters. The van der Waals surface area contributed by atoms with Crippen LogP contribution in [0.3, 0.4) is 0 Å². The zero-order valence-electron chi connectivity index (χ0n) is 17.2. The van der Waals surface area contributed by atoms with Crippen molar-refractivity contribution < 1.29 is 41.4 Å². The molecule has 0 aliphatic rings. The molecule has 0 aliphatic heterocycles. The van der Waals surface area contributed by atoms with Gasteiger partial charge < -0.3 is 18.6 Å². The van der Waals surface area contributed by atoms with Crippen LogP contribution in [-0.4, -0.2) is 19.0 Å². The molecule has 0 aliphatic carbocycles. The first-order valence-electron chi connectivity index (χ1n) is 9.47. The maximum atomic E-state index is 13.7. The van der Waals surface area contributed by atoms with Gasteiger partial charge in [0.2, 0.25) is 11.2 Å². The van der Waals surface area contributed by atoms with Gasteiger partial charge in [0.05, 0.1) is 18.1 Å². The summed E-state index contributed by atoms with van der Waals surface area (Å²) in [5.41, 5.74) is -1.38. The number of rotatable bonds is 5. The van der Waals surface area contributed by atoms with Crippen molar-refractivity contribution in [3.63, 3.8) is 0 Å². The summed E-state index contributed by atoms with van der Waals surface area (Å²) in [7, 11) is 1.18. The maximum absolute atomic E-state index is 13.7. The number of alkyl halides is 3. The average molecular weight is 490 g/mol. The fourth-order valence-electron chi connectivity index (χ4n) is 2.95. The summed E-state index contributed by atoms with van der Waals surface area (Å²) in [5, 5.41) is 1.45. The van der Waals surface area contributed by atoms with Crippen LogP contribution in [0.5, 0.6) is 17.2 Å². The Hall–Kier alpha value is -4.12. The number of thiophene rings is 1. The Morgan fingerprint density at radius 2 is 1.68 bits per heavy atom. The van der Waals surface area contributed by atoms with Crippen LogP contribution >= 0.6 is 11.3 Å². The van der Waals surface area contributed by atoms with Gasteiger partial charge in [0, 0.05) is 6.07 Å². The predicted octanol–water partition coefficient (Wildman–Crippen LogP) is 5.67. The highest BCUT2D eigenvalue weighted by molar-refractivity contribution is 7.12. The van der Waals surface area contributed by atoms with Crippen molar-refractivity contribution in [1.82, 2.24) is 0 Å². The van der Waals surface area contributed by atoms with Crippen molar-refractivity contribution in [1.29, 1.82) is 0 Å². The molecule has 0 saturated carbocycles. The number of hydrogen-bond donors (Lipinski definition) is 0. The van der Waals surface area contributed by atoms with Crippen molar-refractivity contribution in [2.45, 2.75) is 6.18 Å². The molecule has 174 valence electrons. The lowest BCUT2D eigenvalue weighted by atomic mass is 10.2. The van der Waals surface area contributed by atoms with Gasteiger partial charge in [-0.2, -0.15) is 13.2 Å². The van der Waals surface area contributed by atoms with Gasteiger partial charge in [-0.05, 0) is 47.8 Å². The van der Waals surface area contributed by atoms with Crippen molar-refractivity contribution in [2.24, 2.45) is 0 Å². The fraction of sp³-hybridized carbons (Fsp3) is 0.0870. The number of halogens is 3. The second kappa shape index (κ2) is 9.02. The Labute approximate surface area is 192 Å². The lowest BCUT2D eigenvalue weighted by molar-refractivity contribution is -0.154. The van der Waals surface area contributed by atoms with E-state index in [1.807, 2.05) is 0 Å². The minimum absolute atomic E-state index is 0.103. The Morgan fingerprint density at radius 3 is 2.29 bits per heavy atom. The third-order valence-corrected chi connectivity index (χ3v) is 5.36. The number of methoxy groups -OCH3 is 1. The summed E-state index contributed by atoms with van der Waals surface area (Å²) in [6, 6.07) is 11.6. The lowest BCUT2D eigenvalue weighted by Crippen LogP contribution is -2.15. The summed E-state index contributed by atoms with van der Waals surface area (Å²) >= 11 is 1.13. The van der Waals surface area contributed by atoms with Crippen molar-refractivity contribution in [2.75, 3.05) is 7.11 Å². The van der Waals surface area contributed by atoms with E-state index in [4.69, 9.17) is 13.9 Å². The number of carbonyl (C=O) groups excluding carboxylic acids is 2. The molecule has 4 aromatic rings. The number of hydrogen-bond acceptors (Lipinski definition) is 8. The van der Waals surface area contributed by atoms with Gasteiger partial charge in [0.25, 0.3) is 5.76 Å². The smallest absolute Gasteiger partial charge is 0.453 e. The van der Waals surface area contributed by atoms with Gasteiger partial charge in [0.15, 0.2) is 0 Å². The molecular formula is C23H13F3O7S. The molecule has 2 aromatic carbocycles. The topological polar surface area (TPSA) is 92.0 Å². The summed E-state index contributed by atoms with van der Waals surface area (Å²) in [4.78, 5) is 36.8. The first-order chi connectivity index (χ1) is 16.2. The zero-order valence-corrected chi connectivity index (χ0v) is 18.0. The minimum Gasteiger partial charge on any atom is -0.465 e. The van der Waals surface area contributed by atoms with Crippen LogP contribution in [0, 0.1) is 0 Å². The summed E-state index contributed by atoms with van der Waals surface area (Å²) < 4.78 is 61.1. The molecule has 0 fully saturated rings. The average Bonchev–Trinajstić information content (AvgIpc) is 3.35. The van der Waals surface area contributed by atoms with E-state index in [0.717, 1.165) is 17.4 Å². The van der Waals surface area contributed by atoms with E-state index >= 15 is 0 Å². The van der Waals surface area contributed by atoms with E-state index in [2.05, 4.69) is 4.74 Å². The number of esters is 2. The number of carbonyl (C=O) groups is 2. The van der Waals surface area contributed by atoms with Gasteiger partial charge in [-0.3, -0.25) is 4.79 Å². The van der Waals surface area contributed by atoms with Gasteiger partial charge in [-0.25, -0.2) is 9.59 Å². The molecule has 0 bridgehead atoms. The van der Waals surface area contributed by atoms with E-state index in [9.17, 15) is 27.6 Å². The Balaban J connectivity index is 1.73. The van der Waals surface area contributed by atoms with Crippen LogP contribution in [0.25, 0.3) is 11.0 Å². The van der Waals surface area contributed by atoms with Gasteiger partial charge in [-0.15, -0.1) is 11.3 Å². The van der Waals surface area contributed by atoms with Crippen LogP contribution in [-0.2, 0) is 10.9 Å². The normalized spacial score (nSPS) is 11.3. The van der Waals surface area contributed by atoms with E-state index in [-0.39, 0.29) is 22.4 Å². The molecule has 2 heterocycles. The quantitative estimate of drug-likeness (QED) is 0.263. The standard InChI is InChI=1S/C23H13F3O7S/c1-30-21(28)12-4-6-13(7-5-12)31-19-18(27)15-9-8-14(32-22(29)17-3-2-10-34-17)11-16(15)33-20(19)23(24,25)26/h2-11H,1H3. The molecular weight excluding hydrogens is 477 g/mol. The van der Waals surface area contributed by atoms with E-state index in [1.54, 1.807) is 11.4 Å². The first kappa shape index (κ1) is 23.1. The molecule has 0 N–H and O–H groups in total. The van der Waals surface area contributed by atoms with Gasteiger partial charge in [-0.1, -0.05) is 6.07 Å². The van der Waals surface area contributed by atoms with E-state index < -0.39 is 40.6 Å². The van der Waals surface area contributed by atoms with Gasteiger partial charge in [0.1, 0.15) is 22.0 Å². The first-order valence-corrected chi connectivity index (χ1v) is 10.4. The monoisotopic (exact) mass is 490 g/mol. The Kier molecular flexibility index (Phi) is 6.12. The van der Waals surface area contributed by atoms with Crippen LogP contribution in [0.4, 0.5) is 13.2 Å². The maximum Gasteiger partial charge on any atom is 0.453 e. The summed E-state index contributed by atoms with van der Waals surface area (Å²) in [5.74, 6) is -4.33. The molecule has 11 heteroatoms. The van der Waals surface area contributed by atoms with Crippen molar-refractivity contribution >= 4 is 34.2 Å². The molecule has 34 heavy (non-hydrogen) atoms. The van der Waals surface area contributed by atoms with Gasteiger partial charge >= 0.3 is 18.1 Å². The van der Waals surface area contributed by atoms with Crippen molar-refractivity contribution in [3.8, 4) is 17.2 Å². The Bertz CT molecular complexity index is 1420. The number of ether oxygens (including phenoxy) is 3. The molecule has 0 amide bonds. The van der Waals surface area contributed by atoms with Crippen LogP contribution in [0.1, 0.15) is 25.8 Å². The second-order valence-electron chi connectivity index (χ2n) is 6.73. The van der Waals surface area contributed by atoms with Crippen molar-refractivity contribution in [3.05, 3.63) is 86.4 Å². The van der Waals surface area contributed by atoms with E-state index in [1.165, 1.54) is 49.6 Å². The summed E-state index contributed by atoms with van der Waals surface area (Å²) in [6.07, 6.45) is -5.07. The second-order valence-corrected chi connectivity index (χ2v) is 7.68. The highest BCUT2D eigenvalue weighted by atomic mass is 32.1. The third kappa shape index (κ3) is 4.64. The molecule has 0 saturated heterocycles. The molecule has 2 aromatic heterocycles. The fourth-order valence-corrected chi connectivity index (χ4v) is 3.54. The predicted molar refractivity (Wildman–Crippen MR) is 115 cm³/mol. The molecule has 4 rings (SSSR count). The Morgan fingerprint density at radius 1 is 0.971 bits per heavy atom. The van der Waals surface area contributed by atoms with Crippen LogP contribution in [0.15, 0.2) is 69.2 Å². The summed E-state index contributed by atoms with van der Waals surface area (Å²) in [6.45, 7) is 0. The SMILES string of the molecule is COC(=O)c1ccc(Oc2c(C(F)(F)F)oc3cc(OC(=O)c4cccs4)ccc3c2=O)cc1. The lowest BCUT2D eigenvalue weighted by Gasteiger charge is -2.13. The van der Waals surface area contributed by atoms with Crippen LogP contribution in [0.2, 0.25) is 0 Å². The molecule has 0 spiro atoms. The van der Waals surface area contributed by atoms with E-state index in [0.29, 0.717) is 4.88 Å². The molecule has 0 radical (unpaired) electrons. The molecule has 0 unspecified atom stereocenters. The molecule has 7 nitrogen and oxygen atoms in total. The number of fused-ring (bicyclic) bond motifs is 1. The third-order valence-electron chi connectivity index (χ3n) is 4.51. The zero-order chi connectivity index (χ0) is 24.5. The minimum atomic E-state index is -5.07. The highest BCUT2D eigenvalue weighted by Crippen LogP contribution is 2.38.